The SMILES string of the molecule is CC(C)COc1ccc(C(=O)NC(=S)N(C)Cc2ccccc2)cc1. The van der Waals surface area contributed by atoms with E-state index >= 15 is 0 Å². The molecule has 0 fully saturated rings. The molecule has 4 nitrogen and oxygen atoms in total. The van der Waals surface area contributed by atoms with Gasteiger partial charge in [0.15, 0.2) is 5.11 Å². The normalized spacial score (nSPS) is 10.4. The average molecular weight is 356 g/mol. The van der Waals surface area contributed by atoms with Gasteiger partial charge in [0, 0.05) is 19.2 Å². The quantitative estimate of drug-likeness (QED) is 0.798. The number of nitrogens with one attached hydrogen (secondary N) is 1. The molecule has 0 aliphatic rings. The Kier molecular flexibility index (Phi) is 6.95. The third-order valence-electron chi connectivity index (χ3n) is 3.53. The number of nitrogens with zero attached hydrogens (tertiary/aromatic N) is 1. The molecule has 0 spiro atoms. The zero-order chi connectivity index (χ0) is 18.2. The molecule has 0 saturated heterocycles. The molecule has 0 aromatic heterocycles. The molecule has 1 amide bonds. The number of benzene rings is 2. The number of carbonyl (C=O) groups is 1. The second kappa shape index (κ2) is 9.18. The molecule has 0 unspecified atom stereocenters. The van der Waals surface area contributed by atoms with E-state index in [4.69, 9.17) is 17.0 Å². The van der Waals surface area contributed by atoms with E-state index in [0.717, 1.165) is 11.3 Å². The third-order valence-corrected chi connectivity index (χ3v) is 3.94. The Morgan fingerprint density at radius 1 is 1.12 bits per heavy atom. The molecule has 0 aliphatic carbocycles. The molecular formula is C20H24N2O2S. The van der Waals surface area contributed by atoms with E-state index < -0.39 is 0 Å². The third kappa shape index (κ3) is 6.19. The Bertz CT molecular complexity index is 699. The van der Waals surface area contributed by atoms with Crippen molar-refractivity contribution in [3.63, 3.8) is 0 Å². The van der Waals surface area contributed by atoms with Crippen LogP contribution in [0.5, 0.6) is 5.75 Å². The predicted molar refractivity (Wildman–Crippen MR) is 105 cm³/mol. The molecule has 1 N–H and O–H groups in total. The van der Waals surface area contributed by atoms with Crippen molar-refractivity contribution in [2.75, 3.05) is 13.7 Å². The zero-order valence-electron chi connectivity index (χ0n) is 14.9. The van der Waals surface area contributed by atoms with Crippen LogP contribution in [0.1, 0.15) is 29.8 Å². The lowest BCUT2D eigenvalue weighted by atomic mass is 10.2. The van der Waals surface area contributed by atoms with Gasteiger partial charge in [0.25, 0.3) is 5.91 Å². The van der Waals surface area contributed by atoms with Crippen LogP contribution in [0.25, 0.3) is 0 Å². The Hall–Kier alpha value is -2.40. The van der Waals surface area contributed by atoms with Gasteiger partial charge in [0.1, 0.15) is 5.75 Å². The first kappa shape index (κ1) is 18.9. The van der Waals surface area contributed by atoms with Gasteiger partial charge in [-0.1, -0.05) is 44.2 Å². The highest BCUT2D eigenvalue weighted by molar-refractivity contribution is 7.80. The van der Waals surface area contributed by atoms with Crippen LogP contribution in [-0.4, -0.2) is 29.6 Å². The lowest BCUT2D eigenvalue weighted by molar-refractivity contribution is 0.0973. The number of hydrogen-bond acceptors (Lipinski definition) is 3. The van der Waals surface area contributed by atoms with Crippen LogP contribution in [-0.2, 0) is 6.54 Å². The van der Waals surface area contributed by atoms with Crippen molar-refractivity contribution in [3.05, 3.63) is 65.7 Å². The fourth-order valence-electron chi connectivity index (χ4n) is 2.16. The van der Waals surface area contributed by atoms with E-state index in [0.29, 0.717) is 29.7 Å². The summed E-state index contributed by atoms with van der Waals surface area (Å²) in [5.41, 5.74) is 1.68. The van der Waals surface area contributed by atoms with Crippen molar-refractivity contribution in [1.82, 2.24) is 10.2 Å². The van der Waals surface area contributed by atoms with Crippen molar-refractivity contribution in [2.45, 2.75) is 20.4 Å². The van der Waals surface area contributed by atoms with Crippen molar-refractivity contribution in [3.8, 4) is 5.75 Å². The Morgan fingerprint density at radius 3 is 2.36 bits per heavy atom. The van der Waals surface area contributed by atoms with Gasteiger partial charge in [-0.3, -0.25) is 10.1 Å². The van der Waals surface area contributed by atoms with Crippen molar-refractivity contribution in [1.29, 1.82) is 0 Å². The molecule has 2 aromatic carbocycles. The fraction of sp³-hybridized carbons (Fsp3) is 0.300. The molecule has 2 aromatic rings. The molecule has 2 rings (SSSR count). The first-order valence-electron chi connectivity index (χ1n) is 8.29. The summed E-state index contributed by atoms with van der Waals surface area (Å²) >= 11 is 5.32. The lowest BCUT2D eigenvalue weighted by Crippen LogP contribution is -2.40. The van der Waals surface area contributed by atoms with Crippen LogP contribution in [0.15, 0.2) is 54.6 Å². The maximum atomic E-state index is 12.3. The van der Waals surface area contributed by atoms with Gasteiger partial charge in [-0.25, -0.2) is 0 Å². The number of rotatable bonds is 6. The molecule has 0 saturated carbocycles. The smallest absolute Gasteiger partial charge is 0.257 e. The van der Waals surface area contributed by atoms with Crippen molar-refractivity contribution in [2.24, 2.45) is 5.92 Å². The molecule has 25 heavy (non-hydrogen) atoms. The van der Waals surface area contributed by atoms with Gasteiger partial charge in [-0.2, -0.15) is 0 Å². The number of amides is 1. The maximum Gasteiger partial charge on any atom is 0.257 e. The Morgan fingerprint density at radius 2 is 1.76 bits per heavy atom. The molecule has 0 bridgehead atoms. The van der Waals surface area contributed by atoms with E-state index in [9.17, 15) is 4.79 Å². The van der Waals surface area contributed by atoms with Crippen LogP contribution < -0.4 is 10.1 Å². The highest BCUT2D eigenvalue weighted by atomic mass is 32.1. The van der Waals surface area contributed by atoms with Gasteiger partial charge in [-0.15, -0.1) is 0 Å². The minimum atomic E-state index is -0.222. The lowest BCUT2D eigenvalue weighted by Gasteiger charge is -2.20. The monoisotopic (exact) mass is 356 g/mol. The molecule has 132 valence electrons. The standard InChI is InChI=1S/C20H24N2O2S/c1-15(2)14-24-18-11-9-17(10-12-18)19(23)21-20(25)22(3)13-16-7-5-4-6-8-16/h4-12,15H,13-14H2,1-3H3,(H,21,23,25). The zero-order valence-corrected chi connectivity index (χ0v) is 15.7. The summed E-state index contributed by atoms with van der Waals surface area (Å²) in [6.45, 7) is 5.48. The molecule has 0 atom stereocenters. The van der Waals surface area contributed by atoms with Crippen LogP contribution in [0.4, 0.5) is 0 Å². The van der Waals surface area contributed by atoms with Gasteiger partial charge >= 0.3 is 0 Å². The molecule has 0 aliphatic heterocycles. The average Bonchev–Trinajstić information content (AvgIpc) is 2.61. The summed E-state index contributed by atoms with van der Waals surface area (Å²) in [7, 11) is 1.86. The van der Waals surface area contributed by atoms with E-state index in [1.165, 1.54) is 0 Å². The van der Waals surface area contributed by atoms with E-state index in [1.807, 2.05) is 42.3 Å². The second-order valence-corrected chi connectivity index (χ2v) is 6.72. The fourth-order valence-corrected chi connectivity index (χ4v) is 2.32. The first-order chi connectivity index (χ1) is 12.0. The maximum absolute atomic E-state index is 12.3. The molecule has 5 heteroatoms. The van der Waals surface area contributed by atoms with E-state index in [1.54, 1.807) is 24.3 Å². The minimum absolute atomic E-state index is 0.222. The second-order valence-electron chi connectivity index (χ2n) is 6.33. The van der Waals surface area contributed by atoms with Gasteiger partial charge in [0.05, 0.1) is 6.61 Å². The number of carbonyl (C=O) groups excluding carboxylic acids is 1. The van der Waals surface area contributed by atoms with Gasteiger partial charge in [-0.05, 0) is 48.0 Å². The highest BCUT2D eigenvalue weighted by Gasteiger charge is 2.11. The summed E-state index contributed by atoms with van der Waals surface area (Å²) in [5, 5.41) is 3.16. The van der Waals surface area contributed by atoms with Crippen molar-refractivity contribution >= 4 is 23.2 Å². The first-order valence-corrected chi connectivity index (χ1v) is 8.69. The summed E-state index contributed by atoms with van der Waals surface area (Å²) in [4.78, 5) is 14.2. The van der Waals surface area contributed by atoms with Crippen LogP contribution in [0.2, 0.25) is 0 Å². The highest BCUT2D eigenvalue weighted by Crippen LogP contribution is 2.13. The van der Waals surface area contributed by atoms with Gasteiger partial charge in [0.2, 0.25) is 0 Å². The Labute approximate surface area is 154 Å². The summed E-state index contributed by atoms with van der Waals surface area (Å²) in [6.07, 6.45) is 0. The number of thiocarbonyl (C=S) groups is 1. The largest absolute Gasteiger partial charge is 0.493 e. The van der Waals surface area contributed by atoms with E-state index in [-0.39, 0.29) is 5.91 Å². The molecule has 0 radical (unpaired) electrons. The van der Waals surface area contributed by atoms with Crippen LogP contribution in [0.3, 0.4) is 0 Å². The molecule has 0 heterocycles. The van der Waals surface area contributed by atoms with E-state index in [2.05, 4.69) is 19.2 Å². The molecular weight excluding hydrogens is 332 g/mol. The summed E-state index contributed by atoms with van der Waals surface area (Å²) < 4.78 is 5.62. The van der Waals surface area contributed by atoms with Crippen molar-refractivity contribution < 1.29 is 9.53 Å². The minimum Gasteiger partial charge on any atom is -0.493 e. The number of hydrogen-bond donors (Lipinski definition) is 1. The van der Waals surface area contributed by atoms with Gasteiger partial charge < -0.3 is 9.64 Å². The Balaban J connectivity index is 1.88. The topological polar surface area (TPSA) is 41.6 Å². The number of ether oxygens (including phenoxy) is 1. The predicted octanol–water partition coefficient (Wildman–Crippen LogP) is 3.87. The van der Waals surface area contributed by atoms with Crippen LogP contribution in [0, 0.1) is 5.92 Å². The summed E-state index contributed by atoms with van der Waals surface area (Å²) in [5.74, 6) is 0.995. The van der Waals surface area contributed by atoms with Crippen LogP contribution >= 0.6 is 12.2 Å². The summed E-state index contributed by atoms with van der Waals surface area (Å²) in [6, 6.07) is 17.1.